The molecule has 2 aliphatic rings. The highest BCUT2D eigenvalue weighted by Gasteiger charge is 2.41. The quantitative estimate of drug-likeness (QED) is 0.709. The van der Waals surface area contributed by atoms with Crippen molar-refractivity contribution in [1.29, 1.82) is 0 Å². The standard InChI is InChI=1S/C16H31N3O2/c1-16(15(20)21-4,17-14-5-6-14)12-19-9-7-13(8-10-19)11-18(2)3/h13-14,17H,5-12H2,1-4H3. The lowest BCUT2D eigenvalue weighted by atomic mass is 9.94. The lowest BCUT2D eigenvalue weighted by Gasteiger charge is -2.38. The van der Waals surface area contributed by atoms with Crippen molar-refractivity contribution < 1.29 is 9.53 Å². The average Bonchev–Trinajstić information content (AvgIpc) is 3.23. The molecule has 0 aromatic carbocycles. The number of nitrogens with one attached hydrogen (secondary N) is 1. The van der Waals surface area contributed by atoms with Gasteiger partial charge in [0.15, 0.2) is 0 Å². The molecule has 122 valence electrons. The topological polar surface area (TPSA) is 44.8 Å². The molecule has 1 aliphatic heterocycles. The van der Waals surface area contributed by atoms with E-state index < -0.39 is 5.54 Å². The van der Waals surface area contributed by atoms with Gasteiger partial charge in [-0.25, -0.2) is 0 Å². The number of esters is 1. The second kappa shape index (κ2) is 7.07. The van der Waals surface area contributed by atoms with Gasteiger partial charge in [-0.15, -0.1) is 0 Å². The van der Waals surface area contributed by atoms with Crippen molar-refractivity contribution in [2.24, 2.45) is 5.92 Å². The summed E-state index contributed by atoms with van der Waals surface area (Å²) in [5.74, 6) is 0.654. The van der Waals surface area contributed by atoms with Crippen LogP contribution in [0.4, 0.5) is 0 Å². The second-order valence-corrected chi connectivity index (χ2v) is 7.22. The second-order valence-electron chi connectivity index (χ2n) is 7.22. The van der Waals surface area contributed by atoms with Crippen LogP contribution in [0.5, 0.6) is 0 Å². The highest BCUT2D eigenvalue weighted by molar-refractivity contribution is 5.80. The molecule has 1 N–H and O–H groups in total. The van der Waals surface area contributed by atoms with Gasteiger partial charge >= 0.3 is 5.97 Å². The van der Waals surface area contributed by atoms with Gasteiger partial charge in [0.2, 0.25) is 0 Å². The molecule has 0 radical (unpaired) electrons. The van der Waals surface area contributed by atoms with Gasteiger partial charge in [0.25, 0.3) is 0 Å². The summed E-state index contributed by atoms with van der Waals surface area (Å²) >= 11 is 0. The van der Waals surface area contributed by atoms with E-state index in [-0.39, 0.29) is 5.97 Å². The van der Waals surface area contributed by atoms with Crippen molar-refractivity contribution in [2.75, 3.05) is 47.4 Å². The fraction of sp³-hybridized carbons (Fsp3) is 0.938. The molecular weight excluding hydrogens is 266 g/mol. The normalized spacial score (nSPS) is 24.0. The van der Waals surface area contributed by atoms with E-state index in [0.717, 1.165) is 25.6 Å². The van der Waals surface area contributed by atoms with E-state index in [4.69, 9.17) is 4.74 Å². The van der Waals surface area contributed by atoms with Crippen LogP contribution in [-0.4, -0.2) is 74.7 Å². The van der Waals surface area contributed by atoms with Crippen LogP contribution >= 0.6 is 0 Å². The fourth-order valence-electron chi connectivity index (χ4n) is 3.36. The molecule has 21 heavy (non-hydrogen) atoms. The van der Waals surface area contributed by atoms with Gasteiger partial charge in [-0.3, -0.25) is 10.1 Å². The predicted octanol–water partition coefficient (Wildman–Crippen LogP) is 0.944. The Bertz CT molecular complexity index is 349. The van der Waals surface area contributed by atoms with E-state index >= 15 is 0 Å². The number of likely N-dealkylation sites (tertiary alicyclic amines) is 1. The third-order valence-electron chi connectivity index (χ3n) is 4.61. The van der Waals surface area contributed by atoms with E-state index in [9.17, 15) is 4.79 Å². The number of ether oxygens (including phenoxy) is 1. The van der Waals surface area contributed by atoms with E-state index in [1.807, 2.05) is 6.92 Å². The van der Waals surface area contributed by atoms with Crippen LogP contribution < -0.4 is 5.32 Å². The van der Waals surface area contributed by atoms with Gasteiger partial charge in [0.1, 0.15) is 5.54 Å². The Hall–Kier alpha value is -0.650. The molecule has 0 aromatic rings. The number of piperidine rings is 1. The first-order valence-corrected chi connectivity index (χ1v) is 8.16. The molecule has 0 amide bonds. The highest BCUT2D eigenvalue weighted by atomic mass is 16.5. The Morgan fingerprint density at radius 3 is 2.38 bits per heavy atom. The zero-order chi connectivity index (χ0) is 15.5. The minimum absolute atomic E-state index is 0.134. The number of hydrogen-bond donors (Lipinski definition) is 1. The number of carbonyl (C=O) groups is 1. The van der Waals surface area contributed by atoms with Gasteiger partial charge in [-0.1, -0.05) is 0 Å². The molecule has 1 unspecified atom stereocenters. The van der Waals surface area contributed by atoms with Crippen molar-refractivity contribution in [2.45, 2.75) is 44.2 Å². The molecule has 0 bridgehead atoms. The van der Waals surface area contributed by atoms with Gasteiger partial charge in [-0.05, 0) is 65.7 Å². The SMILES string of the molecule is COC(=O)C(C)(CN1CCC(CN(C)C)CC1)NC1CC1. The number of methoxy groups -OCH3 is 1. The lowest BCUT2D eigenvalue weighted by molar-refractivity contribution is -0.149. The summed E-state index contributed by atoms with van der Waals surface area (Å²) in [4.78, 5) is 16.8. The van der Waals surface area contributed by atoms with Crippen LogP contribution in [0.2, 0.25) is 0 Å². The summed E-state index contributed by atoms with van der Waals surface area (Å²) in [5.41, 5.74) is -0.565. The molecule has 5 nitrogen and oxygen atoms in total. The van der Waals surface area contributed by atoms with E-state index in [1.54, 1.807) is 0 Å². The Morgan fingerprint density at radius 2 is 1.90 bits per heavy atom. The Labute approximate surface area is 129 Å². The van der Waals surface area contributed by atoms with E-state index in [0.29, 0.717) is 6.04 Å². The Morgan fingerprint density at radius 1 is 1.29 bits per heavy atom. The molecule has 1 heterocycles. The summed E-state index contributed by atoms with van der Waals surface area (Å²) < 4.78 is 5.02. The molecule has 1 saturated carbocycles. The molecule has 5 heteroatoms. The summed E-state index contributed by atoms with van der Waals surface area (Å²) in [6.45, 7) is 6.07. The van der Waals surface area contributed by atoms with Crippen LogP contribution in [0.3, 0.4) is 0 Å². The van der Waals surface area contributed by atoms with Crippen molar-refractivity contribution in [1.82, 2.24) is 15.1 Å². The maximum Gasteiger partial charge on any atom is 0.327 e. The maximum atomic E-state index is 12.2. The summed E-state index contributed by atoms with van der Waals surface area (Å²) in [6, 6.07) is 0.500. The molecule has 1 atom stereocenters. The first-order valence-electron chi connectivity index (χ1n) is 8.16. The van der Waals surface area contributed by atoms with Crippen LogP contribution in [0, 0.1) is 5.92 Å². The van der Waals surface area contributed by atoms with Gasteiger partial charge in [0.05, 0.1) is 7.11 Å². The van der Waals surface area contributed by atoms with Crippen molar-refractivity contribution >= 4 is 5.97 Å². The first kappa shape index (κ1) is 16.7. The molecule has 2 rings (SSSR count). The Kier molecular flexibility index (Phi) is 5.63. The van der Waals surface area contributed by atoms with Crippen molar-refractivity contribution in [3.63, 3.8) is 0 Å². The number of hydrogen-bond acceptors (Lipinski definition) is 5. The molecule has 0 aromatic heterocycles. The largest absolute Gasteiger partial charge is 0.468 e. The lowest BCUT2D eigenvalue weighted by Crippen LogP contribution is -2.59. The number of carbonyl (C=O) groups excluding carboxylic acids is 1. The van der Waals surface area contributed by atoms with Gasteiger partial charge < -0.3 is 14.5 Å². The predicted molar refractivity (Wildman–Crippen MR) is 84.3 cm³/mol. The summed E-state index contributed by atoms with van der Waals surface area (Å²) in [7, 11) is 5.76. The average molecular weight is 297 g/mol. The zero-order valence-electron chi connectivity index (χ0n) is 14.0. The van der Waals surface area contributed by atoms with Gasteiger partial charge in [-0.2, -0.15) is 0 Å². The molecule has 1 aliphatic carbocycles. The van der Waals surface area contributed by atoms with Crippen LogP contribution in [0.15, 0.2) is 0 Å². The highest BCUT2D eigenvalue weighted by Crippen LogP contribution is 2.25. The third kappa shape index (κ3) is 4.94. The van der Waals surface area contributed by atoms with Crippen LogP contribution in [-0.2, 0) is 9.53 Å². The van der Waals surface area contributed by atoms with Gasteiger partial charge in [0, 0.05) is 19.1 Å². The maximum absolute atomic E-state index is 12.2. The van der Waals surface area contributed by atoms with Crippen LogP contribution in [0.1, 0.15) is 32.6 Å². The monoisotopic (exact) mass is 297 g/mol. The summed E-state index contributed by atoms with van der Waals surface area (Å²) in [6.07, 6.45) is 4.80. The number of rotatable bonds is 7. The minimum atomic E-state index is -0.565. The zero-order valence-corrected chi connectivity index (χ0v) is 14.0. The fourth-order valence-corrected chi connectivity index (χ4v) is 3.36. The molecule has 1 saturated heterocycles. The van der Waals surface area contributed by atoms with E-state index in [1.165, 1.54) is 39.3 Å². The third-order valence-corrected chi connectivity index (χ3v) is 4.61. The first-order chi connectivity index (χ1) is 9.93. The van der Waals surface area contributed by atoms with Crippen molar-refractivity contribution in [3.8, 4) is 0 Å². The summed E-state index contributed by atoms with van der Waals surface area (Å²) in [5, 5.41) is 3.48. The van der Waals surface area contributed by atoms with Crippen LogP contribution in [0.25, 0.3) is 0 Å². The molecule has 0 spiro atoms. The molecule has 2 fully saturated rings. The minimum Gasteiger partial charge on any atom is -0.468 e. The van der Waals surface area contributed by atoms with E-state index in [2.05, 4.69) is 29.2 Å². The smallest absolute Gasteiger partial charge is 0.327 e. The number of nitrogens with zero attached hydrogens (tertiary/aromatic N) is 2. The molecular formula is C16H31N3O2. The van der Waals surface area contributed by atoms with Crippen molar-refractivity contribution in [3.05, 3.63) is 0 Å². The Balaban J connectivity index is 1.85.